The molecule has 0 heterocycles. The van der Waals surface area contributed by atoms with E-state index in [0.717, 1.165) is 17.9 Å². The van der Waals surface area contributed by atoms with Gasteiger partial charge in [0.25, 0.3) is 0 Å². The van der Waals surface area contributed by atoms with Crippen LogP contribution < -0.4 is 0 Å². The highest BCUT2D eigenvalue weighted by atomic mass is 127. The fourth-order valence-electron chi connectivity index (χ4n) is 1.91. The number of carbonyl (C=O) groups is 1. The van der Waals surface area contributed by atoms with Crippen molar-refractivity contribution in [3.05, 3.63) is 32.4 Å². The summed E-state index contributed by atoms with van der Waals surface area (Å²) in [6.45, 7) is 0. The Hall–Kier alpha value is -0.0900. The standard InChI is InChI=1S/C11H10ClIO/c12-8-2-4-11(13)10(6-8)7-1-3-9(14)5-7/h2,4,6-7H,1,3,5H2. The molecule has 1 aromatic rings. The molecule has 1 nitrogen and oxygen atoms in total. The number of rotatable bonds is 1. The number of hydrogen-bond acceptors (Lipinski definition) is 1. The van der Waals surface area contributed by atoms with Crippen LogP contribution in [0.5, 0.6) is 0 Å². The first kappa shape index (κ1) is 10.4. The van der Waals surface area contributed by atoms with Gasteiger partial charge in [0, 0.05) is 21.4 Å². The first-order valence-electron chi connectivity index (χ1n) is 4.63. The van der Waals surface area contributed by atoms with Crippen molar-refractivity contribution < 1.29 is 4.79 Å². The molecule has 1 aliphatic carbocycles. The summed E-state index contributed by atoms with van der Waals surface area (Å²) < 4.78 is 1.21. The van der Waals surface area contributed by atoms with Crippen LogP contribution in [0, 0.1) is 3.57 Å². The highest BCUT2D eigenvalue weighted by Crippen LogP contribution is 2.35. The molecule has 0 N–H and O–H groups in total. The SMILES string of the molecule is O=C1CCC(c2cc(Cl)ccc2I)C1. The fourth-order valence-corrected chi connectivity index (χ4v) is 2.86. The lowest BCUT2D eigenvalue weighted by Crippen LogP contribution is -1.97. The summed E-state index contributed by atoms with van der Waals surface area (Å²) in [7, 11) is 0. The molecule has 14 heavy (non-hydrogen) atoms. The van der Waals surface area contributed by atoms with Crippen molar-refractivity contribution in [1.29, 1.82) is 0 Å². The van der Waals surface area contributed by atoms with Crippen molar-refractivity contribution in [3.8, 4) is 0 Å². The largest absolute Gasteiger partial charge is 0.300 e. The molecule has 74 valence electrons. The Labute approximate surface area is 102 Å². The molecular weight excluding hydrogens is 310 g/mol. The summed E-state index contributed by atoms with van der Waals surface area (Å²) in [5.41, 5.74) is 1.24. The van der Waals surface area contributed by atoms with E-state index < -0.39 is 0 Å². The number of carbonyl (C=O) groups excluding carboxylic acids is 1. The summed E-state index contributed by atoms with van der Waals surface area (Å²) in [5.74, 6) is 0.777. The van der Waals surface area contributed by atoms with E-state index >= 15 is 0 Å². The van der Waals surface area contributed by atoms with Crippen LogP contribution in [0.4, 0.5) is 0 Å². The Balaban J connectivity index is 2.31. The van der Waals surface area contributed by atoms with E-state index in [1.54, 1.807) is 0 Å². The molecule has 0 saturated heterocycles. The molecule has 0 bridgehead atoms. The number of ketones is 1. The van der Waals surface area contributed by atoms with Gasteiger partial charge in [-0.05, 0) is 58.7 Å². The van der Waals surface area contributed by atoms with E-state index in [0.29, 0.717) is 18.1 Å². The van der Waals surface area contributed by atoms with E-state index in [1.807, 2.05) is 18.2 Å². The Morgan fingerprint density at radius 2 is 2.21 bits per heavy atom. The molecule has 1 aromatic carbocycles. The van der Waals surface area contributed by atoms with Crippen molar-refractivity contribution in [2.75, 3.05) is 0 Å². The Kier molecular flexibility index (Phi) is 3.12. The van der Waals surface area contributed by atoms with Crippen LogP contribution in [-0.4, -0.2) is 5.78 Å². The van der Waals surface area contributed by atoms with Gasteiger partial charge < -0.3 is 0 Å². The van der Waals surface area contributed by atoms with Crippen molar-refractivity contribution in [2.24, 2.45) is 0 Å². The summed E-state index contributed by atoms with van der Waals surface area (Å²) in [4.78, 5) is 11.2. The van der Waals surface area contributed by atoms with Gasteiger partial charge in [-0.15, -0.1) is 0 Å². The highest BCUT2D eigenvalue weighted by Gasteiger charge is 2.24. The minimum atomic E-state index is 0.380. The first-order chi connectivity index (χ1) is 6.66. The number of Topliss-reactive ketones (excluding diaryl/α,β-unsaturated/α-hetero) is 1. The smallest absolute Gasteiger partial charge is 0.133 e. The van der Waals surface area contributed by atoms with Gasteiger partial charge in [-0.25, -0.2) is 0 Å². The molecule has 1 aliphatic rings. The molecule has 0 aliphatic heterocycles. The Bertz CT molecular complexity index is 376. The monoisotopic (exact) mass is 320 g/mol. The third-order valence-electron chi connectivity index (χ3n) is 2.64. The number of benzene rings is 1. The van der Waals surface area contributed by atoms with Crippen LogP contribution in [0.15, 0.2) is 18.2 Å². The van der Waals surface area contributed by atoms with Gasteiger partial charge in [-0.1, -0.05) is 11.6 Å². The Morgan fingerprint density at radius 1 is 1.43 bits per heavy atom. The second-order valence-corrected chi connectivity index (χ2v) is 5.24. The zero-order valence-corrected chi connectivity index (χ0v) is 10.5. The van der Waals surface area contributed by atoms with Gasteiger partial charge in [-0.3, -0.25) is 4.79 Å². The molecular formula is C11H10ClIO. The summed E-state index contributed by atoms with van der Waals surface area (Å²) in [5, 5.41) is 0.764. The zero-order chi connectivity index (χ0) is 10.1. The van der Waals surface area contributed by atoms with E-state index in [4.69, 9.17) is 11.6 Å². The van der Waals surface area contributed by atoms with Crippen LogP contribution >= 0.6 is 34.2 Å². The van der Waals surface area contributed by atoms with Crippen LogP contribution in [0.1, 0.15) is 30.7 Å². The maximum atomic E-state index is 11.2. The molecule has 0 radical (unpaired) electrons. The van der Waals surface area contributed by atoms with E-state index in [-0.39, 0.29) is 0 Å². The lowest BCUT2D eigenvalue weighted by Gasteiger charge is -2.11. The number of halogens is 2. The third kappa shape index (κ3) is 2.11. The van der Waals surface area contributed by atoms with Crippen LogP contribution in [0.2, 0.25) is 5.02 Å². The van der Waals surface area contributed by atoms with E-state index in [9.17, 15) is 4.79 Å². The summed E-state index contributed by atoms with van der Waals surface area (Å²) >= 11 is 8.25. The van der Waals surface area contributed by atoms with Gasteiger partial charge in [0.2, 0.25) is 0 Å². The first-order valence-corrected chi connectivity index (χ1v) is 6.09. The molecule has 1 unspecified atom stereocenters. The molecule has 0 spiro atoms. The van der Waals surface area contributed by atoms with Gasteiger partial charge >= 0.3 is 0 Å². The quantitative estimate of drug-likeness (QED) is 0.720. The van der Waals surface area contributed by atoms with Crippen LogP contribution in [-0.2, 0) is 4.79 Å². The minimum Gasteiger partial charge on any atom is -0.300 e. The number of hydrogen-bond donors (Lipinski definition) is 0. The van der Waals surface area contributed by atoms with Gasteiger partial charge in [0.1, 0.15) is 5.78 Å². The molecule has 0 aromatic heterocycles. The van der Waals surface area contributed by atoms with Gasteiger partial charge in [0.05, 0.1) is 0 Å². The van der Waals surface area contributed by atoms with Crippen molar-refractivity contribution in [2.45, 2.75) is 25.2 Å². The zero-order valence-electron chi connectivity index (χ0n) is 7.59. The maximum Gasteiger partial charge on any atom is 0.133 e. The van der Waals surface area contributed by atoms with Crippen LogP contribution in [0.25, 0.3) is 0 Å². The summed E-state index contributed by atoms with van der Waals surface area (Å²) in [6.07, 6.45) is 2.40. The lowest BCUT2D eigenvalue weighted by molar-refractivity contribution is -0.117. The summed E-state index contributed by atoms with van der Waals surface area (Å²) in [6, 6.07) is 5.90. The molecule has 1 fully saturated rings. The third-order valence-corrected chi connectivity index (χ3v) is 3.86. The predicted molar refractivity (Wildman–Crippen MR) is 65.8 cm³/mol. The topological polar surface area (TPSA) is 17.1 Å². The van der Waals surface area contributed by atoms with Gasteiger partial charge in [-0.2, -0.15) is 0 Å². The second-order valence-electron chi connectivity index (χ2n) is 3.64. The van der Waals surface area contributed by atoms with Crippen molar-refractivity contribution >= 4 is 40.0 Å². The minimum absolute atomic E-state index is 0.380. The predicted octanol–water partition coefficient (Wildman–Crippen LogP) is 3.78. The van der Waals surface area contributed by atoms with Crippen molar-refractivity contribution in [3.63, 3.8) is 0 Å². The van der Waals surface area contributed by atoms with Crippen LogP contribution in [0.3, 0.4) is 0 Å². The lowest BCUT2D eigenvalue weighted by atomic mass is 9.98. The molecule has 0 amide bonds. The average molecular weight is 321 g/mol. The van der Waals surface area contributed by atoms with Crippen molar-refractivity contribution in [1.82, 2.24) is 0 Å². The molecule has 1 atom stereocenters. The molecule has 1 saturated carbocycles. The molecule has 2 rings (SSSR count). The van der Waals surface area contributed by atoms with E-state index in [2.05, 4.69) is 22.6 Å². The Morgan fingerprint density at radius 3 is 2.86 bits per heavy atom. The maximum absolute atomic E-state index is 11.2. The second kappa shape index (κ2) is 4.19. The highest BCUT2D eigenvalue weighted by molar-refractivity contribution is 14.1. The molecule has 3 heteroatoms. The fraction of sp³-hybridized carbons (Fsp3) is 0.364. The average Bonchev–Trinajstić information content (AvgIpc) is 2.56. The van der Waals surface area contributed by atoms with Gasteiger partial charge in [0.15, 0.2) is 0 Å². The normalized spacial score (nSPS) is 21.6. The van der Waals surface area contributed by atoms with E-state index in [1.165, 1.54) is 9.13 Å².